The Morgan fingerprint density at radius 1 is 1.36 bits per heavy atom. The first kappa shape index (κ1) is 21.4. The zero-order valence-electron chi connectivity index (χ0n) is 12.4. The van der Waals surface area contributed by atoms with E-state index in [9.17, 15) is 9.18 Å². The van der Waals surface area contributed by atoms with Crippen molar-refractivity contribution in [2.75, 3.05) is 6.54 Å². The molecule has 1 N–H and O–H groups in total. The molecule has 0 spiro atoms. The highest BCUT2D eigenvalue weighted by molar-refractivity contribution is 6.76. The van der Waals surface area contributed by atoms with Gasteiger partial charge in [-0.1, -0.05) is 45.0 Å². The van der Waals surface area contributed by atoms with Crippen molar-refractivity contribution >= 4 is 46.7 Å². The number of alkyl halides is 4. The van der Waals surface area contributed by atoms with Crippen LogP contribution in [0.1, 0.15) is 6.92 Å². The number of nitrogens with one attached hydrogen (secondary N) is 1. The molecule has 0 aromatic rings. The maximum absolute atomic E-state index is 14.7. The van der Waals surface area contributed by atoms with E-state index in [1.54, 1.807) is 0 Å². The lowest BCUT2D eigenvalue weighted by Gasteiger charge is -2.41. The minimum atomic E-state index is -2.27. The molecule has 0 amide bonds. The number of nitrogens with zero attached hydrogens (tertiary/aromatic N) is 6. The number of azide groups is 2. The van der Waals surface area contributed by atoms with Crippen molar-refractivity contribution in [3.05, 3.63) is 20.9 Å². The summed E-state index contributed by atoms with van der Waals surface area (Å²) in [6.07, 6.45) is -6.60. The molecule has 11 nitrogen and oxygen atoms in total. The van der Waals surface area contributed by atoms with Crippen LogP contribution in [0, 0.1) is 5.41 Å². The van der Waals surface area contributed by atoms with Gasteiger partial charge in [0, 0.05) is 16.7 Å². The molecule has 0 saturated carbocycles. The van der Waals surface area contributed by atoms with E-state index in [1.807, 2.05) is 0 Å². The SMILES string of the molecule is CC(=O)O[C@H]1[C@@H](F)[C@@H](N=[N+]=[N-])C(OC(=N)C(Cl)(Cl)Cl)O[C@@H]1CN=[N+]=[N-]. The lowest BCUT2D eigenvalue weighted by atomic mass is 9.98. The molecule has 1 saturated heterocycles. The molecule has 1 aliphatic heterocycles. The van der Waals surface area contributed by atoms with Crippen LogP contribution in [0.5, 0.6) is 0 Å². The van der Waals surface area contributed by atoms with Crippen molar-refractivity contribution in [3.8, 4) is 0 Å². The van der Waals surface area contributed by atoms with Crippen molar-refractivity contribution in [1.29, 1.82) is 5.41 Å². The monoisotopic (exact) mass is 417 g/mol. The van der Waals surface area contributed by atoms with Gasteiger partial charge in [-0.25, -0.2) is 4.39 Å². The van der Waals surface area contributed by atoms with E-state index in [0.717, 1.165) is 6.92 Å². The molecule has 25 heavy (non-hydrogen) atoms. The molecule has 1 unspecified atom stereocenters. The molecule has 1 fully saturated rings. The minimum absolute atomic E-state index is 0.432. The van der Waals surface area contributed by atoms with Gasteiger partial charge in [-0.15, -0.1) is 0 Å². The van der Waals surface area contributed by atoms with E-state index < -0.39 is 52.9 Å². The lowest BCUT2D eigenvalue weighted by Crippen LogP contribution is -2.58. The molecular weight excluding hydrogens is 408 g/mol. The fourth-order valence-electron chi connectivity index (χ4n) is 1.93. The second kappa shape index (κ2) is 9.14. The second-order valence-electron chi connectivity index (χ2n) is 4.62. The van der Waals surface area contributed by atoms with Gasteiger partial charge in [-0.05, 0) is 11.1 Å². The van der Waals surface area contributed by atoms with Crippen LogP contribution in [0.4, 0.5) is 4.39 Å². The Labute approximate surface area is 155 Å². The van der Waals surface area contributed by atoms with Crippen LogP contribution < -0.4 is 0 Å². The van der Waals surface area contributed by atoms with Gasteiger partial charge in [0.1, 0.15) is 12.1 Å². The van der Waals surface area contributed by atoms with E-state index in [2.05, 4.69) is 20.1 Å². The summed E-state index contributed by atoms with van der Waals surface area (Å²) in [6.45, 7) is 0.597. The van der Waals surface area contributed by atoms with Crippen LogP contribution in [0.3, 0.4) is 0 Å². The van der Waals surface area contributed by atoms with E-state index in [4.69, 9.17) is 65.5 Å². The highest BCUT2D eigenvalue weighted by Gasteiger charge is 2.50. The summed E-state index contributed by atoms with van der Waals surface area (Å²) in [7, 11) is 0. The maximum atomic E-state index is 14.7. The first-order valence-electron chi connectivity index (χ1n) is 6.46. The van der Waals surface area contributed by atoms with Gasteiger partial charge >= 0.3 is 5.97 Å². The van der Waals surface area contributed by atoms with Gasteiger partial charge in [0.2, 0.25) is 12.2 Å². The Kier molecular flexibility index (Phi) is 7.81. The quantitative estimate of drug-likeness (QED) is 0.137. The van der Waals surface area contributed by atoms with Gasteiger partial charge in [0.25, 0.3) is 3.79 Å². The van der Waals surface area contributed by atoms with Crippen molar-refractivity contribution < 1.29 is 23.4 Å². The first-order chi connectivity index (χ1) is 11.6. The highest BCUT2D eigenvalue weighted by Crippen LogP contribution is 2.33. The Bertz CT molecular complexity index is 618. The fourth-order valence-corrected chi connectivity index (χ4v) is 2.07. The molecule has 5 atom stereocenters. The van der Waals surface area contributed by atoms with Crippen LogP contribution in [-0.2, 0) is 19.0 Å². The summed E-state index contributed by atoms with van der Waals surface area (Å²) in [4.78, 5) is 16.1. The topological polar surface area (TPSA) is 166 Å². The Balaban J connectivity index is 3.14. The van der Waals surface area contributed by atoms with E-state index in [-0.39, 0.29) is 0 Å². The van der Waals surface area contributed by atoms with Crippen LogP contribution in [-0.4, -0.2) is 52.9 Å². The molecule has 0 aliphatic carbocycles. The number of carbonyl (C=O) groups excluding carboxylic acids is 1. The highest BCUT2D eigenvalue weighted by atomic mass is 35.6. The predicted octanol–water partition coefficient (Wildman–Crippen LogP) is 3.33. The Morgan fingerprint density at radius 2 is 2.00 bits per heavy atom. The molecule has 1 heterocycles. The van der Waals surface area contributed by atoms with E-state index in [1.165, 1.54) is 0 Å². The summed E-state index contributed by atoms with van der Waals surface area (Å²) in [5, 5.41) is 13.9. The number of halogens is 4. The number of ether oxygens (including phenoxy) is 3. The minimum Gasteiger partial charge on any atom is -0.457 e. The molecule has 0 aromatic heterocycles. The third-order valence-corrected chi connectivity index (χ3v) is 3.41. The maximum Gasteiger partial charge on any atom is 0.303 e. The zero-order valence-corrected chi connectivity index (χ0v) is 14.7. The van der Waals surface area contributed by atoms with E-state index in [0.29, 0.717) is 0 Å². The van der Waals surface area contributed by atoms with Gasteiger partial charge in [-0.2, -0.15) is 0 Å². The van der Waals surface area contributed by atoms with Crippen molar-refractivity contribution in [3.63, 3.8) is 0 Å². The van der Waals surface area contributed by atoms with Gasteiger partial charge < -0.3 is 14.2 Å². The predicted molar refractivity (Wildman–Crippen MR) is 85.2 cm³/mol. The Hall–Kier alpha value is -1.68. The van der Waals surface area contributed by atoms with Crippen molar-refractivity contribution in [2.24, 2.45) is 10.2 Å². The van der Waals surface area contributed by atoms with Crippen LogP contribution in [0.25, 0.3) is 20.9 Å². The van der Waals surface area contributed by atoms with E-state index >= 15 is 0 Å². The molecule has 1 aliphatic rings. The number of hydrogen-bond donors (Lipinski definition) is 1. The third kappa shape index (κ3) is 5.96. The van der Waals surface area contributed by atoms with Crippen LogP contribution in [0.2, 0.25) is 0 Å². The van der Waals surface area contributed by atoms with Crippen LogP contribution in [0.15, 0.2) is 10.2 Å². The molecule has 1 rings (SSSR count). The van der Waals surface area contributed by atoms with Crippen molar-refractivity contribution in [1.82, 2.24) is 0 Å². The summed E-state index contributed by atoms with van der Waals surface area (Å²) >= 11 is 16.4. The number of carbonyl (C=O) groups is 1. The number of rotatable bonds is 5. The average Bonchev–Trinajstić information content (AvgIpc) is 2.50. The standard InChI is InChI=1S/C10H11Cl3FN7O4/c1-3(22)23-7-4(2-18-20-16)24-8(6(5(7)14)19-21-17)25-9(15)10(11,12)13/h4-8,15H,2H2,1H3/t4-,5+,6-,7-,8?/m1/s1. The number of esters is 1. The summed E-state index contributed by atoms with van der Waals surface area (Å²) in [5.41, 5.74) is 17.0. The van der Waals surface area contributed by atoms with Gasteiger partial charge in [0.05, 0.1) is 6.54 Å². The first-order valence-corrected chi connectivity index (χ1v) is 7.59. The average molecular weight is 419 g/mol. The molecule has 0 bridgehead atoms. The van der Waals surface area contributed by atoms with Crippen LogP contribution >= 0.6 is 34.8 Å². The number of hydrogen-bond acceptors (Lipinski definition) is 7. The summed E-state index contributed by atoms with van der Waals surface area (Å²) in [5.74, 6) is -1.75. The lowest BCUT2D eigenvalue weighted by molar-refractivity contribution is -0.229. The molecule has 0 aromatic carbocycles. The van der Waals surface area contributed by atoms with Gasteiger partial charge in [0.15, 0.2) is 12.3 Å². The smallest absolute Gasteiger partial charge is 0.303 e. The Morgan fingerprint density at radius 3 is 2.48 bits per heavy atom. The van der Waals surface area contributed by atoms with Gasteiger partial charge in [-0.3, -0.25) is 10.2 Å². The normalized spacial score (nSPS) is 28.9. The summed E-state index contributed by atoms with van der Waals surface area (Å²) in [6, 6.07) is -1.66. The third-order valence-electron chi connectivity index (χ3n) is 2.90. The molecule has 0 radical (unpaired) electrons. The molecular formula is C10H11Cl3FN7O4. The fraction of sp³-hybridized carbons (Fsp3) is 0.800. The second-order valence-corrected chi connectivity index (χ2v) is 6.90. The zero-order chi connectivity index (χ0) is 19.2. The molecule has 138 valence electrons. The molecule has 15 heteroatoms. The largest absolute Gasteiger partial charge is 0.457 e. The van der Waals surface area contributed by atoms with Crippen molar-refractivity contribution in [2.45, 2.75) is 41.4 Å². The summed E-state index contributed by atoms with van der Waals surface area (Å²) < 4.78 is 27.5.